The van der Waals surface area contributed by atoms with Gasteiger partial charge in [0.25, 0.3) is 0 Å². The van der Waals surface area contributed by atoms with Crippen LogP contribution in [0.15, 0.2) is 12.3 Å². The minimum atomic E-state index is -1.04. The van der Waals surface area contributed by atoms with E-state index in [4.69, 9.17) is 14.6 Å². The zero-order chi connectivity index (χ0) is 8.06. The maximum atomic E-state index is 9.48. The molecule has 0 aromatic carbocycles. The predicted octanol–water partition coefficient (Wildman–Crippen LogP) is -0.979. The predicted molar refractivity (Wildman–Crippen MR) is 35.8 cm³/mol. The number of hydrogen-bond donors (Lipinski definition) is 2. The highest BCUT2D eigenvalue weighted by molar-refractivity contribution is 5.21. The molecule has 2 bridgehead atoms. The zero-order valence-electron chi connectivity index (χ0n) is 5.99. The van der Waals surface area contributed by atoms with Gasteiger partial charge in [-0.3, -0.25) is 0 Å². The number of aliphatic hydroxyl groups excluding tert-OH is 2. The van der Waals surface area contributed by atoms with Gasteiger partial charge in [0.2, 0.25) is 0 Å². The first-order valence-electron chi connectivity index (χ1n) is 3.49. The van der Waals surface area contributed by atoms with Crippen molar-refractivity contribution in [2.75, 3.05) is 13.2 Å². The number of hydrogen-bond acceptors (Lipinski definition) is 4. The van der Waals surface area contributed by atoms with Crippen LogP contribution in [0.2, 0.25) is 0 Å². The fraction of sp³-hybridized carbons (Fsp3) is 0.714. The SMILES string of the molecule is C=C1O[C@H]2CO[C@]1(CO)[C@H]2O. The average Bonchev–Trinajstić information content (AvgIpc) is 2.42. The summed E-state index contributed by atoms with van der Waals surface area (Å²) < 4.78 is 10.3. The Morgan fingerprint density at radius 1 is 1.73 bits per heavy atom. The van der Waals surface area contributed by atoms with Crippen LogP contribution in [0.25, 0.3) is 0 Å². The fourth-order valence-corrected chi connectivity index (χ4v) is 1.56. The third-order valence-electron chi connectivity index (χ3n) is 2.34. The number of rotatable bonds is 1. The van der Waals surface area contributed by atoms with Crippen LogP contribution in [0.5, 0.6) is 0 Å². The molecule has 0 aromatic rings. The van der Waals surface area contributed by atoms with E-state index in [0.29, 0.717) is 12.4 Å². The van der Waals surface area contributed by atoms with Gasteiger partial charge in [-0.2, -0.15) is 0 Å². The van der Waals surface area contributed by atoms with Crippen molar-refractivity contribution in [3.05, 3.63) is 12.3 Å². The molecule has 0 radical (unpaired) electrons. The van der Waals surface area contributed by atoms with E-state index >= 15 is 0 Å². The van der Waals surface area contributed by atoms with E-state index in [-0.39, 0.29) is 12.7 Å². The van der Waals surface area contributed by atoms with Crippen LogP contribution in [0.3, 0.4) is 0 Å². The number of fused-ring (bicyclic) bond motifs is 2. The van der Waals surface area contributed by atoms with Gasteiger partial charge in [0.05, 0.1) is 13.2 Å². The van der Waals surface area contributed by atoms with E-state index in [1.807, 2.05) is 0 Å². The van der Waals surface area contributed by atoms with Crippen molar-refractivity contribution in [1.29, 1.82) is 0 Å². The Bertz CT molecular complexity index is 203. The molecule has 0 unspecified atom stereocenters. The molecule has 2 aliphatic heterocycles. The summed E-state index contributed by atoms with van der Waals surface area (Å²) in [4.78, 5) is 0. The van der Waals surface area contributed by atoms with E-state index in [0.717, 1.165) is 0 Å². The molecular weight excluding hydrogens is 148 g/mol. The van der Waals surface area contributed by atoms with Crippen LogP contribution in [-0.4, -0.2) is 41.2 Å². The first-order chi connectivity index (χ1) is 5.20. The van der Waals surface area contributed by atoms with Crippen LogP contribution in [0.1, 0.15) is 0 Å². The van der Waals surface area contributed by atoms with Crippen molar-refractivity contribution in [1.82, 2.24) is 0 Å². The van der Waals surface area contributed by atoms with Crippen molar-refractivity contribution in [3.8, 4) is 0 Å². The second-order valence-corrected chi connectivity index (χ2v) is 2.88. The van der Waals surface area contributed by atoms with Gasteiger partial charge in [-0.25, -0.2) is 0 Å². The third kappa shape index (κ3) is 0.642. The highest BCUT2D eigenvalue weighted by Crippen LogP contribution is 2.42. The fourth-order valence-electron chi connectivity index (χ4n) is 1.56. The van der Waals surface area contributed by atoms with Crippen LogP contribution in [0.4, 0.5) is 0 Å². The van der Waals surface area contributed by atoms with Gasteiger partial charge in [0.1, 0.15) is 11.9 Å². The van der Waals surface area contributed by atoms with Crippen molar-refractivity contribution < 1.29 is 19.7 Å². The number of ether oxygens (including phenoxy) is 2. The van der Waals surface area contributed by atoms with Crippen molar-refractivity contribution >= 4 is 0 Å². The molecule has 11 heavy (non-hydrogen) atoms. The van der Waals surface area contributed by atoms with Crippen LogP contribution in [0, 0.1) is 0 Å². The van der Waals surface area contributed by atoms with E-state index in [1.54, 1.807) is 0 Å². The van der Waals surface area contributed by atoms with Gasteiger partial charge in [0.15, 0.2) is 11.7 Å². The molecule has 2 rings (SSSR count). The monoisotopic (exact) mass is 158 g/mol. The molecule has 2 heterocycles. The molecule has 2 saturated heterocycles. The van der Waals surface area contributed by atoms with Gasteiger partial charge < -0.3 is 19.7 Å². The third-order valence-corrected chi connectivity index (χ3v) is 2.34. The zero-order valence-corrected chi connectivity index (χ0v) is 5.99. The normalized spacial score (nSPS) is 48.0. The van der Waals surface area contributed by atoms with Crippen LogP contribution < -0.4 is 0 Å². The minimum absolute atomic E-state index is 0.274. The van der Waals surface area contributed by atoms with Crippen LogP contribution in [-0.2, 0) is 9.47 Å². The highest BCUT2D eigenvalue weighted by Gasteiger charge is 2.59. The summed E-state index contributed by atoms with van der Waals surface area (Å²) in [6, 6.07) is 0. The molecule has 0 aliphatic carbocycles. The first kappa shape index (κ1) is 7.09. The van der Waals surface area contributed by atoms with E-state index in [1.165, 1.54) is 0 Å². The molecule has 2 N–H and O–H groups in total. The Kier molecular flexibility index (Phi) is 1.27. The van der Waals surface area contributed by atoms with Crippen molar-refractivity contribution in [2.45, 2.75) is 17.8 Å². The lowest BCUT2D eigenvalue weighted by Gasteiger charge is -2.25. The second-order valence-electron chi connectivity index (χ2n) is 2.88. The summed E-state index contributed by atoms with van der Waals surface area (Å²) in [5.41, 5.74) is -1.04. The van der Waals surface area contributed by atoms with Gasteiger partial charge in [-0.1, -0.05) is 6.58 Å². The highest BCUT2D eigenvalue weighted by atomic mass is 16.6. The minimum Gasteiger partial charge on any atom is -0.487 e. The van der Waals surface area contributed by atoms with Gasteiger partial charge in [-0.05, 0) is 0 Å². The van der Waals surface area contributed by atoms with Gasteiger partial charge in [-0.15, -0.1) is 0 Å². The second kappa shape index (κ2) is 1.97. The molecule has 0 amide bonds. The molecule has 0 aromatic heterocycles. The van der Waals surface area contributed by atoms with E-state index in [9.17, 15) is 5.11 Å². The Morgan fingerprint density at radius 3 is 2.73 bits per heavy atom. The molecule has 4 heteroatoms. The molecule has 62 valence electrons. The summed E-state index contributed by atoms with van der Waals surface area (Å²) in [5.74, 6) is 0.337. The standard InChI is InChI=1S/C7H10O4/c1-4-7(3-8)6(9)5(11-4)2-10-7/h5-6,8-9H,1-3H2/t5-,6-,7-/m0/s1. The lowest BCUT2D eigenvalue weighted by molar-refractivity contribution is -0.0844. The Balaban J connectivity index is 2.35. The summed E-state index contributed by atoms with van der Waals surface area (Å²) in [6.07, 6.45) is -1.10. The van der Waals surface area contributed by atoms with Crippen LogP contribution >= 0.6 is 0 Å². The first-order valence-corrected chi connectivity index (χ1v) is 3.49. The van der Waals surface area contributed by atoms with Gasteiger partial charge in [0, 0.05) is 0 Å². The molecule has 2 aliphatic rings. The smallest absolute Gasteiger partial charge is 0.177 e. The largest absolute Gasteiger partial charge is 0.487 e. The molecule has 4 nitrogen and oxygen atoms in total. The lowest BCUT2D eigenvalue weighted by atomic mass is 9.98. The molecular formula is C7H10O4. The molecule has 3 atom stereocenters. The number of aliphatic hydroxyl groups is 2. The summed E-state index contributed by atoms with van der Waals surface area (Å²) in [7, 11) is 0. The van der Waals surface area contributed by atoms with E-state index in [2.05, 4.69) is 6.58 Å². The Labute approximate surface area is 64.0 Å². The maximum Gasteiger partial charge on any atom is 0.177 e. The van der Waals surface area contributed by atoms with Crippen molar-refractivity contribution in [2.24, 2.45) is 0 Å². The van der Waals surface area contributed by atoms with Crippen molar-refractivity contribution in [3.63, 3.8) is 0 Å². The quantitative estimate of drug-likeness (QED) is 0.515. The summed E-state index contributed by atoms with van der Waals surface area (Å²) >= 11 is 0. The topological polar surface area (TPSA) is 58.9 Å². The maximum absolute atomic E-state index is 9.48. The Hall–Kier alpha value is -0.580. The molecule has 0 saturated carbocycles. The van der Waals surface area contributed by atoms with Gasteiger partial charge >= 0.3 is 0 Å². The average molecular weight is 158 g/mol. The summed E-state index contributed by atoms with van der Waals surface area (Å²) in [6.45, 7) is 3.62. The van der Waals surface area contributed by atoms with E-state index < -0.39 is 11.7 Å². The lowest BCUT2D eigenvalue weighted by Crippen LogP contribution is -2.42. The summed E-state index contributed by atoms with van der Waals surface area (Å²) in [5, 5.41) is 18.4. The molecule has 2 fully saturated rings. The Morgan fingerprint density at radius 2 is 2.45 bits per heavy atom. The molecule has 0 spiro atoms.